The molecular weight excluding hydrogens is 271 g/mol. The molecule has 0 amide bonds. The maximum absolute atomic E-state index is 13.5. The standard InChI is InChI=1S/C13H16BrFO/c1-9(14)13(5-6-13)8-10-3-4-12(16-2)11(15)7-10/h3-4,7,9H,5-6,8H2,1-2H3. The average molecular weight is 287 g/mol. The predicted octanol–water partition coefficient (Wildman–Crippen LogP) is 3.94. The predicted molar refractivity (Wildman–Crippen MR) is 66.7 cm³/mol. The lowest BCUT2D eigenvalue weighted by molar-refractivity contribution is 0.385. The van der Waals surface area contributed by atoms with Gasteiger partial charge in [0.05, 0.1) is 7.11 Å². The van der Waals surface area contributed by atoms with Crippen LogP contribution in [0.1, 0.15) is 25.3 Å². The van der Waals surface area contributed by atoms with Gasteiger partial charge in [-0.1, -0.05) is 28.9 Å². The van der Waals surface area contributed by atoms with Crippen molar-refractivity contribution in [3.63, 3.8) is 0 Å². The Balaban J connectivity index is 2.14. The normalized spacial score (nSPS) is 19.2. The highest BCUT2D eigenvalue weighted by atomic mass is 79.9. The summed E-state index contributed by atoms with van der Waals surface area (Å²) in [5.41, 5.74) is 1.41. The monoisotopic (exact) mass is 286 g/mol. The molecule has 1 atom stereocenters. The Labute approximate surface area is 104 Å². The molecule has 1 aliphatic rings. The van der Waals surface area contributed by atoms with Gasteiger partial charge in [0.1, 0.15) is 0 Å². The van der Waals surface area contributed by atoms with Crippen molar-refractivity contribution in [1.82, 2.24) is 0 Å². The summed E-state index contributed by atoms with van der Waals surface area (Å²) in [6.07, 6.45) is 3.40. The number of ether oxygens (including phenoxy) is 1. The Morgan fingerprint density at radius 1 is 1.50 bits per heavy atom. The minimum Gasteiger partial charge on any atom is -0.494 e. The number of methoxy groups -OCH3 is 1. The molecule has 1 saturated carbocycles. The number of halogens is 2. The van der Waals surface area contributed by atoms with Crippen molar-refractivity contribution in [1.29, 1.82) is 0 Å². The molecule has 1 aromatic carbocycles. The summed E-state index contributed by atoms with van der Waals surface area (Å²) < 4.78 is 18.4. The Kier molecular flexibility index (Phi) is 3.24. The largest absolute Gasteiger partial charge is 0.494 e. The van der Waals surface area contributed by atoms with Crippen molar-refractivity contribution >= 4 is 15.9 Å². The zero-order valence-corrected chi connectivity index (χ0v) is 11.2. The first kappa shape index (κ1) is 11.9. The molecule has 16 heavy (non-hydrogen) atoms. The fraction of sp³-hybridized carbons (Fsp3) is 0.538. The molecule has 0 heterocycles. The van der Waals surface area contributed by atoms with Gasteiger partial charge in [0.2, 0.25) is 0 Å². The third-order valence-corrected chi connectivity index (χ3v) is 4.48. The van der Waals surface area contributed by atoms with Crippen molar-refractivity contribution < 1.29 is 9.13 Å². The molecular formula is C13H16BrFO. The van der Waals surface area contributed by atoms with Gasteiger partial charge in [0.25, 0.3) is 0 Å². The van der Waals surface area contributed by atoms with Crippen molar-refractivity contribution in [3.05, 3.63) is 29.6 Å². The molecule has 1 fully saturated rings. The zero-order valence-electron chi connectivity index (χ0n) is 9.59. The van der Waals surface area contributed by atoms with Crippen molar-refractivity contribution in [3.8, 4) is 5.75 Å². The molecule has 0 N–H and O–H groups in total. The summed E-state index contributed by atoms with van der Waals surface area (Å²) in [5, 5.41) is 0. The van der Waals surface area contributed by atoms with E-state index in [1.54, 1.807) is 12.1 Å². The minimum atomic E-state index is -0.266. The summed E-state index contributed by atoms with van der Waals surface area (Å²) >= 11 is 3.64. The van der Waals surface area contributed by atoms with Crippen LogP contribution < -0.4 is 4.74 Å². The smallest absolute Gasteiger partial charge is 0.165 e. The van der Waals surface area contributed by atoms with Crippen molar-refractivity contribution in [2.24, 2.45) is 5.41 Å². The van der Waals surface area contributed by atoms with E-state index in [-0.39, 0.29) is 5.82 Å². The molecule has 0 aromatic heterocycles. The van der Waals surface area contributed by atoms with E-state index in [0.717, 1.165) is 12.0 Å². The van der Waals surface area contributed by atoms with E-state index in [9.17, 15) is 4.39 Å². The molecule has 0 spiro atoms. The van der Waals surface area contributed by atoms with E-state index in [1.165, 1.54) is 20.0 Å². The van der Waals surface area contributed by atoms with Crippen LogP contribution in [0.25, 0.3) is 0 Å². The topological polar surface area (TPSA) is 9.23 Å². The van der Waals surface area contributed by atoms with Crippen LogP contribution in [0.5, 0.6) is 5.75 Å². The van der Waals surface area contributed by atoms with Gasteiger partial charge in [-0.05, 0) is 42.4 Å². The lowest BCUT2D eigenvalue weighted by Crippen LogP contribution is -2.15. The van der Waals surface area contributed by atoms with Crippen molar-refractivity contribution in [2.45, 2.75) is 31.0 Å². The van der Waals surface area contributed by atoms with Gasteiger partial charge in [-0.25, -0.2) is 4.39 Å². The molecule has 1 unspecified atom stereocenters. The van der Waals surface area contributed by atoms with Crippen LogP contribution in [0.4, 0.5) is 4.39 Å². The summed E-state index contributed by atoms with van der Waals surface area (Å²) in [6.45, 7) is 2.17. The van der Waals surface area contributed by atoms with E-state index in [2.05, 4.69) is 22.9 Å². The number of hydrogen-bond acceptors (Lipinski definition) is 1. The fourth-order valence-electron chi connectivity index (χ4n) is 2.10. The van der Waals surface area contributed by atoms with E-state index < -0.39 is 0 Å². The van der Waals surface area contributed by atoms with E-state index in [0.29, 0.717) is 16.0 Å². The Bertz CT molecular complexity index is 386. The lowest BCUT2D eigenvalue weighted by atomic mass is 9.94. The highest BCUT2D eigenvalue weighted by Gasteiger charge is 2.46. The molecule has 0 aliphatic heterocycles. The van der Waals surface area contributed by atoms with Gasteiger partial charge in [-0.2, -0.15) is 0 Å². The highest BCUT2D eigenvalue weighted by Crippen LogP contribution is 2.53. The first-order valence-electron chi connectivity index (χ1n) is 5.54. The van der Waals surface area contributed by atoms with Crippen LogP contribution >= 0.6 is 15.9 Å². The highest BCUT2D eigenvalue weighted by molar-refractivity contribution is 9.09. The lowest BCUT2D eigenvalue weighted by Gasteiger charge is -2.18. The molecule has 2 rings (SSSR count). The summed E-state index contributed by atoms with van der Waals surface area (Å²) in [4.78, 5) is 0.491. The second kappa shape index (κ2) is 4.36. The van der Waals surface area contributed by atoms with E-state index >= 15 is 0 Å². The van der Waals surface area contributed by atoms with Gasteiger partial charge in [0, 0.05) is 4.83 Å². The zero-order chi connectivity index (χ0) is 11.8. The van der Waals surface area contributed by atoms with Crippen LogP contribution in [0, 0.1) is 11.2 Å². The molecule has 1 aromatic rings. The first-order chi connectivity index (χ1) is 7.57. The Morgan fingerprint density at radius 3 is 2.62 bits per heavy atom. The van der Waals surface area contributed by atoms with Gasteiger partial charge in [-0.3, -0.25) is 0 Å². The average Bonchev–Trinajstić information content (AvgIpc) is 2.99. The number of hydrogen-bond donors (Lipinski definition) is 0. The van der Waals surface area contributed by atoms with Gasteiger partial charge in [-0.15, -0.1) is 0 Å². The second-order valence-corrected chi connectivity index (χ2v) is 6.00. The molecule has 1 nitrogen and oxygen atoms in total. The molecule has 0 saturated heterocycles. The first-order valence-corrected chi connectivity index (χ1v) is 6.45. The molecule has 3 heteroatoms. The van der Waals surface area contributed by atoms with Crippen LogP contribution in [0.3, 0.4) is 0 Å². The van der Waals surface area contributed by atoms with Crippen LogP contribution in [0.2, 0.25) is 0 Å². The summed E-state index contributed by atoms with van der Waals surface area (Å²) in [7, 11) is 1.49. The fourth-order valence-corrected chi connectivity index (χ4v) is 2.72. The van der Waals surface area contributed by atoms with E-state index in [1.807, 2.05) is 6.07 Å². The number of rotatable bonds is 4. The number of alkyl halides is 1. The third kappa shape index (κ3) is 2.24. The maximum Gasteiger partial charge on any atom is 0.165 e. The Morgan fingerprint density at radius 2 is 2.19 bits per heavy atom. The minimum absolute atomic E-state index is 0.266. The molecule has 0 radical (unpaired) electrons. The SMILES string of the molecule is COc1ccc(CC2(C(C)Br)CC2)cc1F. The van der Waals surface area contributed by atoms with Gasteiger partial charge >= 0.3 is 0 Å². The summed E-state index contributed by atoms with van der Waals surface area (Å²) in [6, 6.07) is 5.26. The van der Waals surface area contributed by atoms with Crippen molar-refractivity contribution in [2.75, 3.05) is 7.11 Å². The molecule has 88 valence electrons. The Hall–Kier alpha value is -0.570. The van der Waals surface area contributed by atoms with E-state index in [4.69, 9.17) is 4.74 Å². The summed E-state index contributed by atoms with van der Waals surface area (Å²) in [5.74, 6) is 0.0542. The number of benzene rings is 1. The quantitative estimate of drug-likeness (QED) is 0.762. The second-order valence-electron chi connectivity index (χ2n) is 4.62. The van der Waals surface area contributed by atoms with Gasteiger partial charge < -0.3 is 4.74 Å². The van der Waals surface area contributed by atoms with Crippen LogP contribution in [-0.4, -0.2) is 11.9 Å². The van der Waals surface area contributed by atoms with Crippen LogP contribution in [-0.2, 0) is 6.42 Å². The molecule has 1 aliphatic carbocycles. The van der Waals surface area contributed by atoms with Crippen LogP contribution in [0.15, 0.2) is 18.2 Å². The molecule has 0 bridgehead atoms. The van der Waals surface area contributed by atoms with Gasteiger partial charge in [0.15, 0.2) is 11.6 Å². The third-order valence-electron chi connectivity index (χ3n) is 3.51. The maximum atomic E-state index is 13.5.